The van der Waals surface area contributed by atoms with E-state index in [1.54, 1.807) is 20.2 Å². The van der Waals surface area contributed by atoms with Crippen molar-refractivity contribution in [2.45, 2.75) is 26.7 Å². The number of rotatable bonds is 3. The molecule has 2 N–H and O–H groups in total. The number of aromatic nitrogens is 1. The van der Waals surface area contributed by atoms with Crippen molar-refractivity contribution in [1.82, 2.24) is 9.88 Å². The van der Waals surface area contributed by atoms with E-state index >= 15 is 0 Å². The van der Waals surface area contributed by atoms with E-state index in [1.807, 2.05) is 18.3 Å². The smallest absolute Gasteiger partial charge is 0.255 e. The zero-order valence-electron chi connectivity index (χ0n) is 14.7. The molecule has 1 aliphatic rings. The first kappa shape index (κ1) is 16.2. The maximum Gasteiger partial charge on any atom is 0.255 e. The highest BCUT2D eigenvalue weighted by molar-refractivity contribution is 6.00. The van der Waals surface area contributed by atoms with E-state index in [2.05, 4.69) is 24.9 Å². The lowest BCUT2D eigenvalue weighted by Gasteiger charge is -2.14. The zero-order chi connectivity index (χ0) is 17.4. The van der Waals surface area contributed by atoms with E-state index in [-0.39, 0.29) is 5.91 Å². The molecule has 0 fully saturated rings. The van der Waals surface area contributed by atoms with Gasteiger partial charge < -0.3 is 10.6 Å². The number of carbonyl (C=O) groups is 1. The highest BCUT2D eigenvalue weighted by atomic mass is 16.2. The van der Waals surface area contributed by atoms with Gasteiger partial charge in [0.1, 0.15) is 0 Å². The van der Waals surface area contributed by atoms with Gasteiger partial charge in [0.2, 0.25) is 0 Å². The molecular weight excluding hydrogens is 298 g/mol. The van der Waals surface area contributed by atoms with Gasteiger partial charge in [-0.15, -0.1) is 0 Å². The molecule has 24 heavy (non-hydrogen) atoms. The number of hydrogen-bond donors (Lipinski definition) is 1. The molecule has 0 spiro atoms. The molecule has 1 amide bonds. The Labute approximate surface area is 143 Å². The van der Waals surface area contributed by atoms with Gasteiger partial charge >= 0.3 is 0 Å². The fourth-order valence-electron chi connectivity index (χ4n) is 3.30. The lowest BCUT2D eigenvalue weighted by atomic mass is 9.98. The minimum absolute atomic E-state index is 0.0894. The minimum atomic E-state index is -0.0894. The van der Waals surface area contributed by atoms with Crippen LogP contribution in [0, 0.1) is 0 Å². The number of allylic oxidation sites excluding steroid dienone is 2. The third kappa shape index (κ3) is 2.68. The molecule has 1 aromatic carbocycles. The standard InChI is InChI=1S/C20H23N3O/c1-5-15-12(2)8-19-16(15)10-14(11-22-19)13-6-7-18(21)17(9-13)20(24)23(3)4/h6-7,9-11H,5,8,21H2,1-4H3. The van der Waals surface area contributed by atoms with Gasteiger partial charge in [-0.25, -0.2) is 0 Å². The van der Waals surface area contributed by atoms with Crippen LogP contribution < -0.4 is 5.73 Å². The number of hydrogen-bond acceptors (Lipinski definition) is 3. The van der Waals surface area contributed by atoms with Crippen LogP contribution in [0.25, 0.3) is 16.7 Å². The van der Waals surface area contributed by atoms with Crippen LogP contribution in [0.2, 0.25) is 0 Å². The maximum atomic E-state index is 12.3. The largest absolute Gasteiger partial charge is 0.398 e. The maximum absolute atomic E-state index is 12.3. The zero-order valence-corrected chi connectivity index (χ0v) is 14.7. The van der Waals surface area contributed by atoms with Crippen molar-refractivity contribution in [3.05, 3.63) is 52.9 Å². The number of benzene rings is 1. The van der Waals surface area contributed by atoms with Gasteiger partial charge in [0.05, 0.1) is 11.3 Å². The second-order valence-electron chi connectivity index (χ2n) is 6.51. The van der Waals surface area contributed by atoms with Gasteiger partial charge in [0, 0.05) is 43.5 Å². The van der Waals surface area contributed by atoms with E-state index < -0.39 is 0 Å². The summed E-state index contributed by atoms with van der Waals surface area (Å²) in [5, 5.41) is 0. The van der Waals surface area contributed by atoms with Crippen LogP contribution in [0.3, 0.4) is 0 Å². The van der Waals surface area contributed by atoms with Crippen molar-refractivity contribution < 1.29 is 4.79 Å². The molecular formula is C20H23N3O. The fraction of sp³-hybridized carbons (Fsp3) is 0.300. The summed E-state index contributed by atoms with van der Waals surface area (Å²) in [6, 6.07) is 7.79. The molecule has 124 valence electrons. The predicted molar refractivity (Wildman–Crippen MR) is 98.7 cm³/mol. The topological polar surface area (TPSA) is 59.2 Å². The molecule has 0 saturated heterocycles. The normalized spacial score (nSPS) is 13.2. The number of fused-ring (bicyclic) bond motifs is 1. The van der Waals surface area contributed by atoms with Crippen LogP contribution in [-0.2, 0) is 6.42 Å². The Morgan fingerprint density at radius 3 is 2.67 bits per heavy atom. The van der Waals surface area contributed by atoms with E-state index in [1.165, 1.54) is 21.6 Å². The summed E-state index contributed by atoms with van der Waals surface area (Å²) in [7, 11) is 3.46. The molecule has 0 atom stereocenters. The number of nitrogens with two attached hydrogens (primary N) is 1. The predicted octanol–water partition coefficient (Wildman–Crippen LogP) is 3.77. The third-order valence-corrected chi connectivity index (χ3v) is 4.62. The second-order valence-corrected chi connectivity index (χ2v) is 6.51. The van der Waals surface area contributed by atoms with Crippen LogP contribution in [0.4, 0.5) is 5.69 Å². The van der Waals surface area contributed by atoms with Gasteiger partial charge in [-0.3, -0.25) is 9.78 Å². The molecule has 1 aromatic heterocycles. The molecule has 1 heterocycles. The highest BCUT2D eigenvalue weighted by Crippen LogP contribution is 2.36. The van der Waals surface area contributed by atoms with Gasteiger partial charge in [0.25, 0.3) is 5.91 Å². The first-order chi connectivity index (χ1) is 11.4. The average Bonchev–Trinajstić information content (AvgIpc) is 2.88. The van der Waals surface area contributed by atoms with Gasteiger partial charge in [-0.2, -0.15) is 0 Å². The summed E-state index contributed by atoms with van der Waals surface area (Å²) < 4.78 is 0. The first-order valence-electron chi connectivity index (χ1n) is 8.21. The number of carbonyl (C=O) groups excluding carboxylic acids is 1. The number of anilines is 1. The summed E-state index contributed by atoms with van der Waals surface area (Å²) in [4.78, 5) is 18.5. The second kappa shape index (κ2) is 6.11. The van der Waals surface area contributed by atoms with Crippen molar-refractivity contribution in [2.24, 2.45) is 0 Å². The molecule has 3 rings (SSSR count). The van der Waals surface area contributed by atoms with Gasteiger partial charge in [-0.05, 0) is 42.7 Å². The first-order valence-corrected chi connectivity index (χ1v) is 8.21. The molecule has 0 bridgehead atoms. The Hall–Kier alpha value is -2.62. The van der Waals surface area contributed by atoms with Crippen molar-refractivity contribution in [2.75, 3.05) is 19.8 Å². The van der Waals surface area contributed by atoms with E-state index in [9.17, 15) is 4.79 Å². The molecule has 0 aliphatic heterocycles. The third-order valence-electron chi connectivity index (χ3n) is 4.62. The Kier molecular flexibility index (Phi) is 4.14. The molecule has 0 saturated carbocycles. The summed E-state index contributed by atoms with van der Waals surface area (Å²) in [6.07, 6.45) is 3.83. The fourth-order valence-corrected chi connectivity index (χ4v) is 3.30. The molecule has 0 unspecified atom stereocenters. The van der Waals surface area contributed by atoms with Crippen molar-refractivity contribution in [3.63, 3.8) is 0 Å². The van der Waals surface area contributed by atoms with Crippen LogP contribution in [0.15, 0.2) is 36.0 Å². The highest BCUT2D eigenvalue weighted by Gasteiger charge is 2.20. The molecule has 1 aliphatic carbocycles. The Balaban J connectivity index is 2.07. The van der Waals surface area contributed by atoms with Gasteiger partial charge in [-0.1, -0.05) is 18.6 Å². The van der Waals surface area contributed by atoms with Crippen molar-refractivity contribution >= 4 is 17.2 Å². The SMILES string of the molecule is CCC1=C(C)Cc2ncc(-c3ccc(N)c(C(=O)N(C)C)c3)cc21. The lowest BCUT2D eigenvalue weighted by molar-refractivity contribution is 0.0828. The number of nitrogen functional groups attached to an aromatic ring is 1. The van der Waals surface area contributed by atoms with Crippen molar-refractivity contribution in [1.29, 1.82) is 0 Å². The lowest BCUT2D eigenvalue weighted by Crippen LogP contribution is -2.22. The van der Waals surface area contributed by atoms with Crippen LogP contribution in [0.5, 0.6) is 0 Å². The molecule has 4 heteroatoms. The minimum Gasteiger partial charge on any atom is -0.398 e. The average molecular weight is 321 g/mol. The van der Waals surface area contributed by atoms with Crippen molar-refractivity contribution in [3.8, 4) is 11.1 Å². The number of nitrogens with zero attached hydrogens (tertiary/aromatic N) is 2. The number of pyridine rings is 1. The Morgan fingerprint density at radius 1 is 1.25 bits per heavy atom. The number of amides is 1. The van der Waals surface area contributed by atoms with E-state index in [0.29, 0.717) is 11.3 Å². The molecule has 2 aromatic rings. The van der Waals surface area contributed by atoms with E-state index in [0.717, 1.165) is 29.7 Å². The van der Waals surface area contributed by atoms with E-state index in [4.69, 9.17) is 5.73 Å². The van der Waals surface area contributed by atoms with Gasteiger partial charge in [0.15, 0.2) is 0 Å². The molecule has 4 nitrogen and oxygen atoms in total. The summed E-state index contributed by atoms with van der Waals surface area (Å²) in [5.74, 6) is -0.0894. The molecule has 0 radical (unpaired) electrons. The monoisotopic (exact) mass is 321 g/mol. The quantitative estimate of drug-likeness (QED) is 0.875. The summed E-state index contributed by atoms with van der Waals surface area (Å²) >= 11 is 0. The van der Waals surface area contributed by atoms with Crippen LogP contribution in [-0.4, -0.2) is 29.9 Å². The summed E-state index contributed by atoms with van der Waals surface area (Å²) in [5.41, 5.74) is 14.2. The Morgan fingerprint density at radius 2 is 2.00 bits per heavy atom. The Bertz CT molecular complexity index is 850. The van der Waals surface area contributed by atoms with Crippen LogP contribution >= 0.6 is 0 Å². The summed E-state index contributed by atoms with van der Waals surface area (Å²) in [6.45, 7) is 4.36. The van der Waals surface area contributed by atoms with Crippen LogP contribution in [0.1, 0.15) is 41.9 Å².